The van der Waals surface area contributed by atoms with E-state index < -0.39 is 0 Å². The Labute approximate surface area is 110 Å². The van der Waals surface area contributed by atoms with Gasteiger partial charge < -0.3 is 0 Å². The number of hydrogen-bond acceptors (Lipinski definition) is 1. The maximum absolute atomic E-state index is 4.64. The molecule has 0 radical (unpaired) electrons. The second kappa shape index (κ2) is 5.51. The highest BCUT2D eigenvalue weighted by Gasteiger charge is 2.11. The number of hydrogen-bond donors (Lipinski definition) is 0. The van der Waals surface area contributed by atoms with Crippen molar-refractivity contribution in [2.24, 2.45) is 0 Å². The minimum absolute atomic E-state index is 0.553. The van der Waals surface area contributed by atoms with Gasteiger partial charge in [0, 0.05) is 11.6 Å². The number of rotatable bonds is 4. The standard InChI is InChI=1S/C17H23N/c1-5-7-13-8-9-16-15(12(3)4)10-11-18-17(16)14(13)6-2/h8-12H,5-7H2,1-4H3. The number of pyridine rings is 1. The molecule has 0 saturated heterocycles. The van der Waals surface area contributed by atoms with E-state index in [0.29, 0.717) is 5.92 Å². The second-order valence-electron chi connectivity index (χ2n) is 5.26. The third-order valence-electron chi connectivity index (χ3n) is 3.64. The maximum atomic E-state index is 4.64. The fourth-order valence-corrected chi connectivity index (χ4v) is 2.74. The van der Waals surface area contributed by atoms with Crippen LogP contribution in [0.3, 0.4) is 0 Å². The summed E-state index contributed by atoms with van der Waals surface area (Å²) in [5, 5.41) is 1.34. The summed E-state index contributed by atoms with van der Waals surface area (Å²) >= 11 is 0. The van der Waals surface area contributed by atoms with Crippen LogP contribution in [0.5, 0.6) is 0 Å². The lowest BCUT2D eigenvalue weighted by atomic mass is 9.93. The molecule has 1 heteroatoms. The Balaban J connectivity index is 2.70. The fourth-order valence-electron chi connectivity index (χ4n) is 2.74. The van der Waals surface area contributed by atoms with Gasteiger partial charge in [0.2, 0.25) is 0 Å². The largest absolute Gasteiger partial charge is 0.256 e. The minimum Gasteiger partial charge on any atom is -0.256 e. The summed E-state index contributed by atoms with van der Waals surface area (Å²) in [5.74, 6) is 0.553. The molecule has 0 aliphatic rings. The molecule has 0 fully saturated rings. The molecule has 0 saturated carbocycles. The topological polar surface area (TPSA) is 12.9 Å². The SMILES string of the molecule is CCCc1ccc2c(C(C)C)ccnc2c1CC. The monoisotopic (exact) mass is 241 g/mol. The van der Waals surface area contributed by atoms with Crippen molar-refractivity contribution in [1.82, 2.24) is 4.98 Å². The van der Waals surface area contributed by atoms with Gasteiger partial charge in [0.25, 0.3) is 0 Å². The van der Waals surface area contributed by atoms with Crippen LogP contribution in [0, 0.1) is 0 Å². The molecule has 0 aliphatic carbocycles. The summed E-state index contributed by atoms with van der Waals surface area (Å²) in [6, 6.07) is 6.73. The summed E-state index contributed by atoms with van der Waals surface area (Å²) in [7, 11) is 0. The molecule has 0 aliphatic heterocycles. The fraction of sp³-hybridized carbons (Fsp3) is 0.471. The van der Waals surface area contributed by atoms with Crippen molar-refractivity contribution >= 4 is 10.9 Å². The Kier molecular flexibility index (Phi) is 4.00. The van der Waals surface area contributed by atoms with Crippen molar-refractivity contribution < 1.29 is 0 Å². The Morgan fingerprint density at radius 1 is 1.11 bits per heavy atom. The van der Waals surface area contributed by atoms with Crippen molar-refractivity contribution in [1.29, 1.82) is 0 Å². The lowest BCUT2D eigenvalue weighted by Crippen LogP contribution is -1.99. The van der Waals surface area contributed by atoms with Crippen LogP contribution >= 0.6 is 0 Å². The molecule has 0 atom stereocenters. The molecule has 0 N–H and O–H groups in total. The van der Waals surface area contributed by atoms with Gasteiger partial charge in [-0.3, -0.25) is 4.98 Å². The first-order valence-electron chi connectivity index (χ1n) is 7.08. The highest BCUT2D eigenvalue weighted by atomic mass is 14.7. The molecule has 0 amide bonds. The maximum Gasteiger partial charge on any atom is 0.0739 e. The van der Waals surface area contributed by atoms with E-state index >= 15 is 0 Å². The molecule has 0 unspecified atom stereocenters. The Hall–Kier alpha value is -1.37. The van der Waals surface area contributed by atoms with Crippen molar-refractivity contribution in [2.45, 2.75) is 52.9 Å². The first kappa shape index (κ1) is 13.1. The van der Waals surface area contributed by atoms with E-state index in [1.165, 1.54) is 34.0 Å². The second-order valence-corrected chi connectivity index (χ2v) is 5.26. The van der Waals surface area contributed by atoms with Crippen LogP contribution in [0.25, 0.3) is 10.9 Å². The third-order valence-corrected chi connectivity index (χ3v) is 3.64. The van der Waals surface area contributed by atoms with Crippen LogP contribution in [-0.2, 0) is 12.8 Å². The normalized spacial score (nSPS) is 11.4. The van der Waals surface area contributed by atoms with E-state index in [2.05, 4.69) is 50.9 Å². The van der Waals surface area contributed by atoms with E-state index in [1.54, 1.807) is 0 Å². The van der Waals surface area contributed by atoms with E-state index in [4.69, 9.17) is 0 Å². The van der Waals surface area contributed by atoms with Crippen molar-refractivity contribution in [3.05, 3.63) is 41.1 Å². The van der Waals surface area contributed by atoms with E-state index in [-0.39, 0.29) is 0 Å². The van der Waals surface area contributed by atoms with Crippen molar-refractivity contribution in [3.8, 4) is 0 Å². The summed E-state index contributed by atoms with van der Waals surface area (Å²) < 4.78 is 0. The number of nitrogens with zero attached hydrogens (tertiary/aromatic N) is 1. The minimum atomic E-state index is 0.553. The summed E-state index contributed by atoms with van der Waals surface area (Å²) in [6.45, 7) is 8.97. The van der Waals surface area contributed by atoms with Gasteiger partial charge in [0.1, 0.15) is 0 Å². The average molecular weight is 241 g/mol. The van der Waals surface area contributed by atoms with Crippen LogP contribution in [-0.4, -0.2) is 4.98 Å². The van der Waals surface area contributed by atoms with E-state index in [9.17, 15) is 0 Å². The Morgan fingerprint density at radius 3 is 2.50 bits per heavy atom. The highest BCUT2D eigenvalue weighted by Crippen LogP contribution is 2.28. The lowest BCUT2D eigenvalue weighted by molar-refractivity contribution is 0.871. The molecule has 2 aromatic rings. The molecule has 96 valence electrons. The van der Waals surface area contributed by atoms with Gasteiger partial charge in [0.15, 0.2) is 0 Å². The van der Waals surface area contributed by atoms with Crippen LogP contribution in [0.2, 0.25) is 0 Å². The molecule has 0 bridgehead atoms. The molecule has 1 aromatic heterocycles. The van der Waals surface area contributed by atoms with E-state index in [1.807, 2.05) is 6.20 Å². The molecule has 1 nitrogen and oxygen atoms in total. The van der Waals surface area contributed by atoms with Crippen molar-refractivity contribution in [3.63, 3.8) is 0 Å². The molecule has 18 heavy (non-hydrogen) atoms. The van der Waals surface area contributed by atoms with Gasteiger partial charge in [-0.05, 0) is 41.5 Å². The molecule has 1 aromatic carbocycles. The van der Waals surface area contributed by atoms with Crippen LogP contribution < -0.4 is 0 Å². The number of aromatic nitrogens is 1. The Morgan fingerprint density at radius 2 is 1.89 bits per heavy atom. The molecule has 0 spiro atoms. The lowest BCUT2D eigenvalue weighted by Gasteiger charge is -2.14. The zero-order valence-electron chi connectivity index (χ0n) is 12.0. The van der Waals surface area contributed by atoms with Crippen LogP contribution in [0.1, 0.15) is 56.7 Å². The Bertz CT molecular complexity index is 541. The third kappa shape index (κ3) is 2.27. The molecule has 1 heterocycles. The zero-order valence-corrected chi connectivity index (χ0v) is 12.0. The molecular weight excluding hydrogens is 218 g/mol. The van der Waals surface area contributed by atoms with Crippen LogP contribution in [0.15, 0.2) is 24.4 Å². The number of benzene rings is 1. The van der Waals surface area contributed by atoms with Gasteiger partial charge in [-0.1, -0.05) is 46.2 Å². The first-order valence-corrected chi connectivity index (χ1v) is 7.08. The molecular formula is C17H23N. The predicted octanol–water partition coefficient (Wildman–Crippen LogP) is 4.87. The van der Waals surface area contributed by atoms with Crippen molar-refractivity contribution in [2.75, 3.05) is 0 Å². The number of aryl methyl sites for hydroxylation is 2. The van der Waals surface area contributed by atoms with Gasteiger partial charge in [-0.2, -0.15) is 0 Å². The predicted molar refractivity (Wildman–Crippen MR) is 79.2 cm³/mol. The van der Waals surface area contributed by atoms with Gasteiger partial charge in [-0.25, -0.2) is 0 Å². The van der Waals surface area contributed by atoms with E-state index in [0.717, 1.165) is 12.8 Å². The van der Waals surface area contributed by atoms with Crippen LogP contribution in [0.4, 0.5) is 0 Å². The summed E-state index contributed by atoms with van der Waals surface area (Å²) in [5.41, 5.74) is 5.55. The molecule has 2 rings (SSSR count). The average Bonchev–Trinajstić information content (AvgIpc) is 2.37. The smallest absolute Gasteiger partial charge is 0.0739 e. The zero-order chi connectivity index (χ0) is 13.1. The van der Waals surface area contributed by atoms with Gasteiger partial charge in [-0.15, -0.1) is 0 Å². The summed E-state index contributed by atoms with van der Waals surface area (Å²) in [4.78, 5) is 4.64. The number of fused-ring (bicyclic) bond motifs is 1. The van der Waals surface area contributed by atoms with Gasteiger partial charge >= 0.3 is 0 Å². The summed E-state index contributed by atoms with van der Waals surface area (Å²) in [6.07, 6.45) is 5.39. The highest BCUT2D eigenvalue weighted by molar-refractivity contribution is 5.86. The quantitative estimate of drug-likeness (QED) is 0.744. The first-order chi connectivity index (χ1) is 8.69. The van der Waals surface area contributed by atoms with Gasteiger partial charge in [0.05, 0.1) is 5.52 Å².